The van der Waals surface area contributed by atoms with Gasteiger partial charge in [-0.2, -0.15) is 0 Å². The van der Waals surface area contributed by atoms with Crippen LogP contribution in [0.2, 0.25) is 5.02 Å². The molecule has 1 aromatic rings. The minimum atomic E-state index is -0.651. The maximum absolute atomic E-state index is 10.9. The highest BCUT2D eigenvalue weighted by Gasteiger charge is 2.10. The quantitative estimate of drug-likeness (QED) is 0.581. The van der Waals surface area contributed by atoms with E-state index < -0.39 is 5.97 Å². The van der Waals surface area contributed by atoms with Crippen molar-refractivity contribution >= 4 is 23.3 Å². The topological polar surface area (TPSA) is 50.2 Å². The van der Waals surface area contributed by atoms with Crippen LogP contribution in [-0.4, -0.2) is 18.8 Å². The molecule has 0 saturated carbocycles. The van der Waals surface area contributed by atoms with Gasteiger partial charge in [0.25, 0.3) is 0 Å². The van der Waals surface area contributed by atoms with Gasteiger partial charge >= 0.3 is 5.97 Å². The molecule has 0 fully saturated rings. The molecule has 68 valence electrons. The Bertz CT molecular complexity index is 332. The zero-order valence-electron chi connectivity index (χ0n) is 7.00. The van der Waals surface area contributed by atoms with Crippen LogP contribution < -0.4 is 0 Å². The maximum atomic E-state index is 10.9. The third-order valence-electron chi connectivity index (χ3n) is 1.52. The molecule has 1 rings (SSSR count). The molecule has 1 aromatic carbocycles. The highest BCUT2D eigenvalue weighted by atomic mass is 35.5. The van der Waals surface area contributed by atoms with Crippen molar-refractivity contribution < 1.29 is 9.53 Å². The number of hydrogen-bond acceptors (Lipinski definition) is 3. The van der Waals surface area contributed by atoms with Crippen LogP contribution in [0.1, 0.15) is 5.56 Å². The van der Waals surface area contributed by atoms with Crippen molar-refractivity contribution in [2.24, 2.45) is 0 Å². The summed E-state index contributed by atoms with van der Waals surface area (Å²) in [5.41, 5.74) is 0.329. The molecule has 0 spiro atoms. The Kier molecular flexibility index (Phi) is 3.03. The van der Waals surface area contributed by atoms with Crippen molar-refractivity contribution in [2.75, 3.05) is 7.11 Å². The van der Waals surface area contributed by atoms with Crippen LogP contribution in [0.15, 0.2) is 24.3 Å². The maximum Gasteiger partial charge on any atom is 0.356 e. The van der Waals surface area contributed by atoms with Gasteiger partial charge in [0.05, 0.1) is 7.11 Å². The number of carbonyl (C=O) groups excluding carboxylic acids is 1. The van der Waals surface area contributed by atoms with Crippen LogP contribution in [-0.2, 0) is 9.53 Å². The number of esters is 1. The lowest BCUT2D eigenvalue weighted by Gasteiger charge is -2.00. The minimum absolute atomic E-state index is 0.167. The normalized spacial score (nSPS) is 9.38. The molecule has 0 aliphatic rings. The highest BCUT2D eigenvalue weighted by molar-refractivity contribution is 6.42. The summed E-state index contributed by atoms with van der Waals surface area (Å²) in [4.78, 5) is 10.9. The Labute approximate surface area is 80.8 Å². The van der Waals surface area contributed by atoms with Crippen molar-refractivity contribution in [1.29, 1.82) is 5.41 Å². The van der Waals surface area contributed by atoms with Crippen LogP contribution in [0, 0.1) is 5.41 Å². The standard InChI is InChI=1S/C9H8ClNO2/c1-13-9(12)8(11)6-2-4-7(10)5-3-6/h2-5,11H,1H3. The van der Waals surface area contributed by atoms with Gasteiger partial charge < -0.3 is 4.74 Å². The predicted octanol–water partition coefficient (Wildman–Crippen LogP) is 1.88. The largest absolute Gasteiger partial charge is 0.464 e. The van der Waals surface area contributed by atoms with Gasteiger partial charge in [-0.3, -0.25) is 5.41 Å². The van der Waals surface area contributed by atoms with Crippen LogP contribution in [0.5, 0.6) is 0 Å². The first-order valence-electron chi connectivity index (χ1n) is 3.58. The number of halogens is 1. The molecule has 4 heteroatoms. The second kappa shape index (κ2) is 4.05. The fourth-order valence-corrected chi connectivity index (χ4v) is 0.962. The summed E-state index contributed by atoms with van der Waals surface area (Å²) in [6.07, 6.45) is 0. The van der Waals surface area contributed by atoms with Crippen molar-refractivity contribution in [3.05, 3.63) is 34.9 Å². The Morgan fingerprint density at radius 2 is 1.92 bits per heavy atom. The minimum Gasteiger partial charge on any atom is -0.464 e. The molecular formula is C9H8ClNO2. The van der Waals surface area contributed by atoms with Gasteiger partial charge in [-0.1, -0.05) is 23.7 Å². The van der Waals surface area contributed by atoms with Gasteiger partial charge in [-0.05, 0) is 12.1 Å². The zero-order chi connectivity index (χ0) is 9.84. The van der Waals surface area contributed by atoms with E-state index in [1.165, 1.54) is 7.11 Å². The SMILES string of the molecule is COC(=O)C(=N)c1ccc(Cl)cc1. The van der Waals surface area contributed by atoms with Gasteiger partial charge in [0.1, 0.15) is 5.71 Å². The van der Waals surface area contributed by atoms with Gasteiger partial charge in [0.2, 0.25) is 0 Å². The Balaban J connectivity index is 2.90. The number of benzene rings is 1. The van der Waals surface area contributed by atoms with Crippen LogP contribution in [0.4, 0.5) is 0 Å². The number of methoxy groups -OCH3 is 1. The molecule has 13 heavy (non-hydrogen) atoms. The fourth-order valence-electron chi connectivity index (χ4n) is 0.836. The van der Waals surface area contributed by atoms with E-state index in [9.17, 15) is 4.79 Å². The van der Waals surface area contributed by atoms with Crippen LogP contribution >= 0.6 is 11.6 Å². The molecule has 0 heterocycles. The summed E-state index contributed by atoms with van der Waals surface area (Å²) in [5, 5.41) is 7.96. The highest BCUT2D eigenvalue weighted by Crippen LogP contribution is 2.10. The smallest absolute Gasteiger partial charge is 0.356 e. The summed E-state index contributed by atoms with van der Waals surface area (Å²) in [6.45, 7) is 0. The van der Waals surface area contributed by atoms with E-state index in [4.69, 9.17) is 17.0 Å². The molecule has 0 amide bonds. The van der Waals surface area contributed by atoms with E-state index in [1.807, 2.05) is 0 Å². The molecule has 0 aliphatic carbocycles. The molecule has 0 saturated heterocycles. The predicted molar refractivity (Wildman–Crippen MR) is 50.3 cm³/mol. The number of hydrogen-bond donors (Lipinski definition) is 1. The Morgan fingerprint density at radius 1 is 1.38 bits per heavy atom. The molecular weight excluding hydrogens is 190 g/mol. The van der Waals surface area contributed by atoms with Crippen molar-refractivity contribution in [3.8, 4) is 0 Å². The van der Waals surface area contributed by atoms with Crippen LogP contribution in [0.3, 0.4) is 0 Å². The first-order valence-corrected chi connectivity index (χ1v) is 3.95. The summed E-state index contributed by atoms with van der Waals surface area (Å²) in [6, 6.07) is 6.44. The van der Waals surface area contributed by atoms with Crippen molar-refractivity contribution in [2.45, 2.75) is 0 Å². The summed E-state index contributed by atoms with van der Waals surface area (Å²) in [7, 11) is 1.24. The number of rotatable bonds is 2. The number of ether oxygens (including phenoxy) is 1. The first kappa shape index (κ1) is 9.74. The summed E-state index contributed by atoms with van der Waals surface area (Å²) < 4.78 is 4.40. The van der Waals surface area contributed by atoms with Crippen molar-refractivity contribution in [3.63, 3.8) is 0 Å². The van der Waals surface area contributed by atoms with Gasteiger partial charge in [0.15, 0.2) is 0 Å². The third-order valence-corrected chi connectivity index (χ3v) is 1.77. The molecule has 0 unspecified atom stereocenters. The number of nitrogens with one attached hydrogen (secondary N) is 1. The average Bonchev–Trinajstić information content (AvgIpc) is 2.17. The van der Waals surface area contributed by atoms with E-state index in [2.05, 4.69) is 4.74 Å². The lowest BCUT2D eigenvalue weighted by atomic mass is 10.1. The molecule has 1 N–H and O–H groups in total. The molecule has 0 atom stereocenters. The monoisotopic (exact) mass is 197 g/mol. The second-order valence-electron chi connectivity index (χ2n) is 2.37. The van der Waals surface area contributed by atoms with E-state index in [1.54, 1.807) is 24.3 Å². The molecule has 0 aromatic heterocycles. The Hall–Kier alpha value is -1.35. The average molecular weight is 198 g/mol. The zero-order valence-corrected chi connectivity index (χ0v) is 7.76. The fraction of sp³-hybridized carbons (Fsp3) is 0.111. The Morgan fingerprint density at radius 3 is 2.38 bits per heavy atom. The van der Waals surface area contributed by atoms with E-state index in [-0.39, 0.29) is 5.71 Å². The van der Waals surface area contributed by atoms with Gasteiger partial charge in [-0.15, -0.1) is 0 Å². The molecule has 0 bridgehead atoms. The van der Waals surface area contributed by atoms with Gasteiger partial charge in [-0.25, -0.2) is 4.79 Å². The lowest BCUT2D eigenvalue weighted by Crippen LogP contribution is -2.15. The van der Waals surface area contributed by atoms with Gasteiger partial charge in [0, 0.05) is 10.6 Å². The van der Waals surface area contributed by atoms with E-state index in [0.29, 0.717) is 10.6 Å². The third kappa shape index (κ3) is 2.29. The second-order valence-corrected chi connectivity index (χ2v) is 2.81. The summed E-state index contributed by atoms with van der Waals surface area (Å²) >= 11 is 5.64. The van der Waals surface area contributed by atoms with E-state index in [0.717, 1.165) is 0 Å². The number of carbonyl (C=O) groups is 1. The first-order chi connectivity index (χ1) is 6.15. The van der Waals surface area contributed by atoms with Crippen LogP contribution in [0.25, 0.3) is 0 Å². The molecule has 0 radical (unpaired) electrons. The molecule has 3 nitrogen and oxygen atoms in total. The molecule has 0 aliphatic heterocycles. The lowest BCUT2D eigenvalue weighted by molar-refractivity contribution is -0.132. The van der Waals surface area contributed by atoms with E-state index >= 15 is 0 Å². The van der Waals surface area contributed by atoms with Crippen molar-refractivity contribution in [1.82, 2.24) is 0 Å². The summed E-state index contributed by atoms with van der Waals surface area (Å²) in [5.74, 6) is -0.651.